The van der Waals surface area contributed by atoms with Crippen LogP contribution in [0.5, 0.6) is 0 Å². The number of hydrogen-bond acceptors (Lipinski definition) is 4. The maximum atomic E-state index is 14.6. The summed E-state index contributed by atoms with van der Waals surface area (Å²) in [5.41, 5.74) is 6.59. The molecule has 2 atom stereocenters. The molecule has 10 nitrogen and oxygen atoms in total. The van der Waals surface area contributed by atoms with Crippen LogP contribution in [-0.4, -0.2) is 56.3 Å². The van der Waals surface area contributed by atoms with Gasteiger partial charge in [0.15, 0.2) is 0 Å². The fraction of sp³-hybridized carbons (Fsp3) is 0.273. The molecule has 0 spiro atoms. The van der Waals surface area contributed by atoms with Crippen LogP contribution < -0.4 is 10.6 Å². The highest BCUT2D eigenvalue weighted by atomic mass is 19.1. The lowest BCUT2D eigenvalue weighted by Gasteiger charge is -2.10. The van der Waals surface area contributed by atoms with Crippen molar-refractivity contribution in [2.45, 2.75) is 59.3 Å². The van der Waals surface area contributed by atoms with Crippen LogP contribution in [0.15, 0.2) is 59.0 Å². The summed E-state index contributed by atoms with van der Waals surface area (Å²) in [7, 11) is 0. The predicted molar refractivity (Wildman–Crippen MR) is 164 cm³/mol. The zero-order chi connectivity index (χ0) is 33.3. The lowest BCUT2D eigenvalue weighted by atomic mass is 9.97. The summed E-state index contributed by atoms with van der Waals surface area (Å²) in [5.74, 6) is -3.87. The second-order valence-electron chi connectivity index (χ2n) is 10.9. The molecule has 0 aromatic carbocycles. The van der Waals surface area contributed by atoms with E-state index in [1.54, 1.807) is 39.8 Å². The van der Waals surface area contributed by atoms with Gasteiger partial charge in [-0.2, -0.15) is 0 Å². The maximum Gasteiger partial charge on any atom is 0.338 e. The Morgan fingerprint density at radius 2 is 1.09 bits per heavy atom. The van der Waals surface area contributed by atoms with E-state index in [0.29, 0.717) is 78.7 Å². The molecule has 2 aromatic rings. The second kappa shape index (κ2) is 12.8. The molecular weight excluding hydrogens is 586 g/mol. The number of nitrogens with one attached hydrogen (secondary N) is 4. The number of allylic oxidation sites excluding steroid dienone is 2. The molecule has 0 fully saturated rings. The first-order chi connectivity index (χ1) is 21.2. The highest BCUT2D eigenvalue weighted by Crippen LogP contribution is 2.32. The first-order valence-electron chi connectivity index (χ1n) is 14.1. The number of carbonyl (C=O) groups is 4. The van der Waals surface area contributed by atoms with Gasteiger partial charge in [-0.15, -0.1) is 0 Å². The number of carboxylic acids is 2. The van der Waals surface area contributed by atoms with Gasteiger partial charge in [0.1, 0.15) is 0 Å². The van der Waals surface area contributed by atoms with Crippen molar-refractivity contribution in [1.29, 1.82) is 0 Å². The van der Waals surface area contributed by atoms with E-state index in [-0.39, 0.29) is 18.2 Å². The molecule has 0 saturated heterocycles. The quantitative estimate of drug-likeness (QED) is 0.206. The number of alkyl halides is 2. The van der Waals surface area contributed by atoms with E-state index in [1.807, 2.05) is 0 Å². The summed E-state index contributed by atoms with van der Waals surface area (Å²) in [4.78, 5) is 53.9. The van der Waals surface area contributed by atoms with Crippen molar-refractivity contribution in [2.24, 2.45) is 0 Å². The van der Waals surface area contributed by atoms with E-state index in [4.69, 9.17) is 0 Å². The Bertz CT molecular complexity index is 1660. The monoisotopic (exact) mass is 620 g/mol. The molecule has 0 radical (unpaired) electrons. The van der Waals surface area contributed by atoms with Gasteiger partial charge in [0.25, 0.3) is 11.8 Å². The first kappa shape index (κ1) is 32.6. The van der Waals surface area contributed by atoms with Gasteiger partial charge in [-0.3, -0.25) is 9.59 Å². The topological polar surface area (TPSA) is 164 Å². The van der Waals surface area contributed by atoms with Crippen molar-refractivity contribution >= 4 is 35.9 Å². The Kier molecular flexibility index (Phi) is 9.26. The van der Waals surface area contributed by atoms with Gasteiger partial charge >= 0.3 is 11.9 Å². The third-order valence-electron chi connectivity index (χ3n) is 8.22. The van der Waals surface area contributed by atoms with E-state index in [9.17, 15) is 38.2 Å². The lowest BCUT2D eigenvalue weighted by Crippen LogP contribution is -2.19. The molecule has 4 heterocycles. The molecule has 0 unspecified atom stereocenters. The highest BCUT2D eigenvalue weighted by molar-refractivity contribution is 6.02. The van der Waals surface area contributed by atoms with E-state index in [1.165, 1.54) is 12.2 Å². The largest absolute Gasteiger partial charge is 0.479 e. The van der Waals surface area contributed by atoms with Gasteiger partial charge < -0.3 is 30.8 Å². The van der Waals surface area contributed by atoms with Crippen LogP contribution in [0.4, 0.5) is 8.78 Å². The molecule has 2 aliphatic rings. The minimum Gasteiger partial charge on any atom is -0.479 e. The molecule has 2 aliphatic heterocycles. The van der Waals surface area contributed by atoms with Crippen LogP contribution in [0, 0.1) is 13.8 Å². The summed E-state index contributed by atoms with van der Waals surface area (Å²) < 4.78 is 29.3. The Labute approximate surface area is 258 Å². The average Bonchev–Trinajstić information content (AvgIpc) is 3.62. The number of carboxylic acid groups (broad SMARTS) is 2. The van der Waals surface area contributed by atoms with Gasteiger partial charge in [0.05, 0.1) is 11.4 Å². The number of rotatable bonds is 12. The number of aromatic nitrogens is 2. The number of aromatic amines is 2. The summed E-state index contributed by atoms with van der Waals surface area (Å²) >= 11 is 0. The minimum atomic E-state index is -2.22. The zero-order valence-electron chi connectivity index (χ0n) is 25.3. The van der Waals surface area contributed by atoms with Gasteiger partial charge in [-0.25, -0.2) is 18.4 Å². The molecule has 4 rings (SSSR count). The summed E-state index contributed by atoms with van der Waals surface area (Å²) in [6.07, 6.45) is 0.966. The Morgan fingerprint density at radius 3 is 1.40 bits per heavy atom. The Hall–Kier alpha value is -5.26. The van der Waals surface area contributed by atoms with Gasteiger partial charge in [0, 0.05) is 64.3 Å². The molecule has 0 saturated carbocycles. The maximum absolute atomic E-state index is 14.6. The number of aliphatic carboxylic acids is 2. The molecule has 2 amide bonds. The number of halogens is 2. The van der Waals surface area contributed by atoms with Crippen LogP contribution in [-0.2, 0) is 38.4 Å². The van der Waals surface area contributed by atoms with Gasteiger partial charge in [0.2, 0.25) is 12.3 Å². The van der Waals surface area contributed by atoms with Crippen molar-refractivity contribution in [3.63, 3.8) is 0 Å². The smallest absolute Gasteiger partial charge is 0.338 e. The van der Waals surface area contributed by atoms with Crippen LogP contribution in [0.1, 0.15) is 58.9 Å². The molecular formula is C33H34F2N4O6. The molecule has 236 valence electrons. The predicted octanol–water partition coefficient (Wildman–Crippen LogP) is 4.43. The summed E-state index contributed by atoms with van der Waals surface area (Å²) in [6.45, 7) is 14.2. The summed E-state index contributed by atoms with van der Waals surface area (Å²) in [6, 6.07) is 0. The molecule has 6 N–H and O–H groups in total. The second-order valence-corrected chi connectivity index (χ2v) is 10.9. The number of H-pyrrole nitrogens is 2. The summed E-state index contributed by atoms with van der Waals surface area (Å²) in [5, 5.41) is 24.1. The molecule has 12 heteroatoms. The number of carbonyl (C=O) groups excluding carboxylic acids is 2. The van der Waals surface area contributed by atoms with Crippen LogP contribution in [0.3, 0.4) is 0 Å². The fourth-order valence-corrected chi connectivity index (χ4v) is 5.55. The standard InChI is InChI=1S/C33H34F2N4O6/c1-7-18-16(5)30(40)38-26(18)11-24-14(3)20(9-22(34)32(42)43)28(36-24)13-29-21(10-23(35)33(44)45)15(4)25(37-29)12-27-19(8-2)17(6)31(41)39-27/h7-8,11-12,22-23,36-37H,1-2,9-10,13H2,3-6H3,(H,38,40)(H,39,41)(H,42,43)(H,44,45)/t22-,23+. The Morgan fingerprint density at radius 1 is 0.733 bits per heavy atom. The molecule has 0 aliphatic carbocycles. The third kappa shape index (κ3) is 6.35. The van der Waals surface area contributed by atoms with Crippen LogP contribution >= 0.6 is 0 Å². The van der Waals surface area contributed by atoms with Gasteiger partial charge in [-0.05, 0) is 62.1 Å². The Balaban J connectivity index is 1.86. The third-order valence-corrected chi connectivity index (χ3v) is 8.22. The fourth-order valence-electron chi connectivity index (χ4n) is 5.55. The molecule has 2 aromatic heterocycles. The first-order valence-corrected chi connectivity index (χ1v) is 14.1. The van der Waals surface area contributed by atoms with E-state index in [0.717, 1.165) is 0 Å². The molecule has 45 heavy (non-hydrogen) atoms. The van der Waals surface area contributed by atoms with Crippen molar-refractivity contribution in [2.75, 3.05) is 0 Å². The van der Waals surface area contributed by atoms with E-state index >= 15 is 0 Å². The van der Waals surface area contributed by atoms with Gasteiger partial charge in [-0.1, -0.05) is 25.3 Å². The van der Waals surface area contributed by atoms with Crippen LogP contribution in [0.25, 0.3) is 12.2 Å². The van der Waals surface area contributed by atoms with Crippen LogP contribution in [0.2, 0.25) is 0 Å². The number of amides is 2. The lowest BCUT2D eigenvalue weighted by molar-refractivity contribution is -0.143. The van der Waals surface area contributed by atoms with E-state index < -0.39 is 37.1 Å². The van der Waals surface area contributed by atoms with Crippen molar-refractivity contribution in [3.05, 3.63) is 104 Å². The highest BCUT2D eigenvalue weighted by Gasteiger charge is 2.28. The average molecular weight is 621 g/mol. The number of hydrogen-bond donors (Lipinski definition) is 6. The van der Waals surface area contributed by atoms with Crippen molar-refractivity contribution in [3.8, 4) is 0 Å². The van der Waals surface area contributed by atoms with Crippen molar-refractivity contribution < 1.29 is 38.2 Å². The molecule has 0 bridgehead atoms. The SMILES string of the molecule is C=CC1=C(C)C(=O)NC1=Cc1[nH]c(Cc2[nH]c(C=C3NC(=O)C(C)=C3C=C)c(C)c2C[C@H](F)C(=O)O)c(C[C@@H](F)C(=O)O)c1C. The normalized spacial score (nSPS) is 18.1. The van der Waals surface area contributed by atoms with Crippen molar-refractivity contribution in [1.82, 2.24) is 20.6 Å². The van der Waals surface area contributed by atoms with E-state index in [2.05, 4.69) is 33.8 Å². The minimum absolute atomic E-state index is 0.00244. The zero-order valence-corrected chi connectivity index (χ0v) is 25.3.